The van der Waals surface area contributed by atoms with Gasteiger partial charge in [-0.1, -0.05) is 13.8 Å². The molecule has 3 heterocycles. The first-order chi connectivity index (χ1) is 18.7. The Bertz CT molecular complexity index is 1320. The third kappa shape index (κ3) is 7.96. The van der Waals surface area contributed by atoms with Crippen LogP contribution < -0.4 is 5.32 Å². The number of aliphatic imine (C=N–C) groups is 1. The number of aromatic nitrogens is 3. The molecule has 216 valence electrons. The molecule has 1 aliphatic rings. The molecule has 3 aromatic rings. The molecule has 4 rings (SSSR count). The number of anilines is 1. The van der Waals surface area contributed by atoms with Crippen LogP contribution in [0.3, 0.4) is 0 Å². The molecular formula is C27H34BF5N6S. The van der Waals surface area contributed by atoms with Crippen molar-refractivity contribution in [3.05, 3.63) is 41.2 Å². The van der Waals surface area contributed by atoms with Crippen molar-refractivity contribution in [2.45, 2.75) is 70.2 Å². The number of hydrogen-bond acceptors (Lipinski definition) is 6. The summed E-state index contributed by atoms with van der Waals surface area (Å²) in [7, 11) is 8.04. The zero-order valence-corrected chi connectivity index (χ0v) is 24.1. The van der Waals surface area contributed by atoms with Crippen LogP contribution in [0.15, 0.2) is 23.3 Å². The van der Waals surface area contributed by atoms with Crippen LogP contribution in [-0.4, -0.2) is 77.0 Å². The molecule has 13 heteroatoms. The molecule has 2 aromatic heterocycles. The summed E-state index contributed by atoms with van der Waals surface area (Å²) < 4.78 is 66.7. The maximum Gasteiger partial charge on any atom is 0.241 e. The highest BCUT2D eigenvalue weighted by molar-refractivity contribution is 7.83. The van der Waals surface area contributed by atoms with E-state index in [2.05, 4.69) is 33.0 Å². The summed E-state index contributed by atoms with van der Waals surface area (Å²) >= 11 is 4.43. The number of alkyl halides is 3. The first kappa shape index (κ1) is 31.9. The predicted molar refractivity (Wildman–Crippen MR) is 154 cm³/mol. The molecule has 3 atom stereocenters. The first-order valence-electron chi connectivity index (χ1n) is 13.0. The fraction of sp³-hybridized carbons (Fsp3) is 0.519. The fourth-order valence-corrected chi connectivity index (χ4v) is 4.63. The Morgan fingerprint density at radius 1 is 1.30 bits per heavy atom. The van der Waals surface area contributed by atoms with Crippen LogP contribution in [-0.2, 0) is 6.42 Å². The molecule has 1 aliphatic heterocycles. The van der Waals surface area contributed by atoms with E-state index in [1.807, 2.05) is 11.9 Å². The van der Waals surface area contributed by atoms with E-state index in [0.717, 1.165) is 6.54 Å². The number of hydrogen-bond donors (Lipinski definition) is 2. The van der Waals surface area contributed by atoms with Crippen molar-refractivity contribution in [3.8, 4) is 11.1 Å². The van der Waals surface area contributed by atoms with E-state index in [1.54, 1.807) is 26.8 Å². The van der Waals surface area contributed by atoms with E-state index in [9.17, 15) is 17.6 Å². The maximum absolute atomic E-state index is 15.3. The van der Waals surface area contributed by atoms with Crippen molar-refractivity contribution in [1.29, 1.82) is 0 Å². The quantitative estimate of drug-likeness (QED) is 0.152. The second kappa shape index (κ2) is 13.3. The average molecular weight is 580 g/mol. The molecule has 1 N–H and O–H groups in total. The Kier molecular flexibility index (Phi) is 10.6. The molecule has 40 heavy (non-hydrogen) atoms. The van der Waals surface area contributed by atoms with Crippen LogP contribution in [0.25, 0.3) is 16.6 Å². The number of benzene rings is 1. The van der Waals surface area contributed by atoms with Crippen LogP contribution in [0.4, 0.5) is 33.6 Å². The van der Waals surface area contributed by atoms with Gasteiger partial charge < -0.3 is 10.2 Å². The van der Waals surface area contributed by atoms with E-state index in [4.69, 9.17) is 7.85 Å². The summed E-state index contributed by atoms with van der Waals surface area (Å²) in [5, 5.41) is 7.47. The Labute approximate surface area is 238 Å². The highest BCUT2D eigenvalue weighted by Gasteiger charge is 2.29. The van der Waals surface area contributed by atoms with Crippen molar-refractivity contribution < 1.29 is 22.0 Å². The van der Waals surface area contributed by atoms with Crippen LogP contribution in [0.5, 0.6) is 0 Å². The number of aryl methyl sites for hydroxylation is 1. The number of fused-ring (bicyclic) bond motifs is 1. The van der Waals surface area contributed by atoms with Crippen LogP contribution in [0.1, 0.15) is 44.9 Å². The molecular weight excluding hydrogens is 546 g/mol. The number of likely N-dealkylation sites (tertiary alicyclic amines) is 1. The van der Waals surface area contributed by atoms with Gasteiger partial charge in [-0.05, 0) is 61.6 Å². The number of nitrogens with zero attached hydrogens (tertiary/aromatic N) is 5. The smallest absolute Gasteiger partial charge is 0.241 e. The Balaban J connectivity index is 0.000000810. The van der Waals surface area contributed by atoms with Gasteiger partial charge in [-0.15, -0.1) is 5.10 Å². The third-order valence-corrected chi connectivity index (χ3v) is 6.51. The zero-order chi connectivity index (χ0) is 29.8. The molecule has 1 saturated heterocycles. The molecule has 0 amide bonds. The van der Waals surface area contributed by atoms with Crippen LogP contribution in [0, 0.1) is 18.6 Å². The van der Waals surface area contributed by atoms with Crippen molar-refractivity contribution in [3.63, 3.8) is 0 Å². The van der Waals surface area contributed by atoms with Crippen molar-refractivity contribution >= 4 is 43.8 Å². The van der Waals surface area contributed by atoms with Crippen LogP contribution in [0.2, 0.25) is 0 Å². The van der Waals surface area contributed by atoms with Gasteiger partial charge in [0.2, 0.25) is 12.4 Å². The second-order valence-corrected chi connectivity index (χ2v) is 11.2. The lowest BCUT2D eigenvalue weighted by Crippen LogP contribution is -2.46. The minimum atomic E-state index is -2.12. The molecule has 3 unspecified atom stereocenters. The molecule has 0 spiro atoms. The zero-order valence-electron chi connectivity index (χ0n) is 23.2. The lowest BCUT2D eigenvalue weighted by molar-refractivity contribution is 0.144. The number of halogens is 5. The Morgan fingerprint density at radius 2 is 1.98 bits per heavy atom. The number of thiol groups is 1. The lowest BCUT2D eigenvalue weighted by Gasteiger charge is -2.32. The SMILES string of the molecule is CCC(F)F.[B]C(C)(S)Cc1nc(NC2CCN(C)CC2F)nn2cc(F)c(-c3cc(C)c(N=CC)c(F)c3)c12. The first-order valence-corrected chi connectivity index (χ1v) is 13.4. The summed E-state index contributed by atoms with van der Waals surface area (Å²) in [5.41, 5.74) is 2.01. The average Bonchev–Trinajstić information content (AvgIpc) is 3.18. The van der Waals surface area contributed by atoms with E-state index >= 15 is 4.39 Å². The second-order valence-electron chi connectivity index (χ2n) is 10.2. The highest BCUT2D eigenvalue weighted by atomic mass is 32.1. The number of piperidine rings is 1. The summed E-state index contributed by atoms with van der Waals surface area (Å²) in [6.07, 6.45) is 0.204. The summed E-state index contributed by atoms with van der Waals surface area (Å²) in [6, 6.07) is 2.45. The normalized spacial score (nSPS) is 19.6. The van der Waals surface area contributed by atoms with Gasteiger partial charge in [0, 0.05) is 31.3 Å². The molecule has 6 nitrogen and oxygen atoms in total. The van der Waals surface area contributed by atoms with E-state index in [-0.39, 0.29) is 30.0 Å². The molecule has 0 saturated carbocycles. The fourth-order valence-electron chi connectivity index (χ4n) is 4.48. The largest absolute Gasteiger partial charge is 0.347 e. The standard InChI is InChI=1S/C24H28BF3N6S.C3H6F2/c1-5-29-21-13(2)8-14(9-15(21)26)20-17(28)12-34-22(20)19(10-24(3,25)35)31-23(32-34)30-18-6-7-33(4)11-16(18)27;1-2-3(4)5/h5,8-9,12,16,18,35H,6-7,10-11H2,1-4H3,(H,30,32);3H,2H2,1H3. The minimum absolute atomic E-state index is 0.0278. The molecule has 1 aromatic carbocycles. The monoisotopic (exact) mass is 580 g/mol. The molecule has 0 aliphatic carbocycles. The number of nitrogens with one attached hydrogen (secondary N) is 1. The van der Waals surface area contributed by atoms with Gasteiger partial charge in [0.1, 0.15) is 17.7 Å². The van der Waals surface area contributed by atoms with Gasteiger partial charge in [-0.2, -0.15) is 12.6 Å². The molecule has 2 radical (unpaired) electrons. The third-order valence-electron chi connectivity index (χ3n) is 6.35. The van der Waals surface area contributed by atoms with Gasteiger partial charge >= 0.3 is 0 Å². The minimum Gasteiger partial charge on any atom is -0.347 e. The van der Waals surface area contributed by atoms with E-state index in [0.29, 0.717) is 35.3 Å². The molecule has 1 fully saturated rings. The highest BCUT2D eigenvalue weighted by Crippen LogP contribution is 2.36. The summed E-state index contributed by atoms with van der Waals surface area (Å²) in [6.45, 7) is 7.60. The van der Waals surface area contributed by atoms with Gasteiger partial charge in [0.15, 0.2) is 5.82 Å². The van der Waals surface area contributed by atoms with Crippen molar-refractivity contribution in [2.75, 3.05) is 25.5 Å². The summed E-state index contributed by atoms with van der Waals surface area (Å²) in [4.78, 5) is 10.6. The topological polar surface area (TPSA) is 57.8 Å². The van der Waals surface area contributed by atoms with Gasteiger partial charge in [0.25, 0.3) is 0 Å². The molecule has 0 bridgehead atoms. The van der Waals surface area contributed by atoms with Crippen molar-refractivity contribution in [1.82, 2.24) is 19.5 Å². The Morgan fingerprint density at radius 3 is 2.52 bits per heavy atom. The van der Waals surface area contributed by atoms with Gasteiger partial charge in [0.05, 0.1) is 31.3 Å². The Hall–Kier alpha value is -2.67. The predicted octanol–water partition coefficient (Wildman–Crippen LogP) is 6.18. The van der Waals surface area contributed by atoms with E-state index < -0.39 is 34.9 Å². The lowest BCUT2D eigenvalue weighted by atomic mass is 9.83. The number of rotatable bonds is 7. The van der Waals surface area contributed by atoms with E-state index in [1.165, 1.54) is 29.9 Å². The van der Waals surface area contributed by atoms with Gasteiger partial charge in [-0.3, -0.25) is 4.99 Å². The summed E-state index contributed by atoms with van der Waals surface area (Å²) in [5.74, 6) is -0.991. The van der Waals surface area contributed by atoms with Crippen LogP contribution >= 0.6 is 12.6 Å². The maximum atomic E-state index is 15.3. The van der Waals surface area contributed by atoms with Gasteiger partial charge in [-0.25, -0.2) is 31.5 Å². The van der Waals surface area contributed by atoms with Crippen molar-refractivity contribution in [2.24, 2.45) is 4.99 Å².